The summed E-state index contributed by atoms with van der Waals surface area (Å²) in [6, 6.07) is 7.55. The fourth-order valence-corrected chi connectivity index (χ4v) is 2.03. The first-order chi connectivity index (χ1) is 10.4. The van der Waals surface area contributed by atoms with Crippen molar-refractivity contribution in [1.82, 2.24) is 10.9 Å². The van der Waals surface area contributed by atoms with Crippen LogP contribution in [0.2, 0.25) is 0 Å². The minimum atomic E-state index is -0.697. The highest BCUT2D eigenvalue weighted by atomic mass is 79.9. The fourth-order valence-electron chi connectivity index (χ4n) is 1.53. The Hall–Kier alpha value is -1.80. The molecule has 0 aliphatic heterocycles. The van der Waals surface area contributed by atoms with Gasteiger partial charge in [-0.05, 0) is 68.3 Å². The van der Waals surface area contributed by atoms with E-state index in [9.17, 15) is 18.4 Å². The highest BCUT2D eigenvalue weighted by Crippen LogP contribution is 2.17. The molecule has 4 nitrogen and oxygen atoms in total. The SMILES string of the molecule is O=C(NNC(=O)c1ccc(Br)c(F)c1)c1ccc(Br)c(F)c1. The van der Waals surface area contributed by atoms with Gasteiger partial charge < -0.3 is 0 Å². The Morgan fingerprint density at radius 1 is 0.773 bits per heavy atom. The third-order valence-electron chi connectivity index (χ3n) is 2.65. The van der Waals surface area contributed by atoms with Crippen molar-refractivity contribution in [3.8, 4) is 0 Å². The molecule has 0 spiro atoms. The first kappa shape index (κ1) is 16.6. The fraction of sp³-hybridized carbons (Fsp3) is 0. The van der Waals surface area contributed by atoms with Crippen LogP contribution in [0.4, 0.5) is 8.78 Å². The molecule has 2 amide bonds. The number of nitrogens with one attached hydrogen (secondary N) is 2. The summed E-state index contributed by atoms with van der Waals surface area (Å²) in [5.74, 6) is -2.60. The number of carbonyl (C=O) groups excluding carboxylic acids is 2. The van der Waals surface area contributed by atoms with E-state index < -0.39 is 23.4 Å². The van der Waals surface area contributed by atoms with Gasteiger partial charge in [-0.1, -0.05) is 0 Å². The van der Waals surface area contributed by atoms with Crippen LogP contribution in [-0.4, -0.2) is 11.8 Å². The van der Waals surface area contributed by atoms with Crippen LogP contribution in [0, 0.1) is 11.6 Å². The van der Waals surface area contributed by atoms with Crippen molar-refractivity contribution in [1.29, 1.82) is 0 Å². The van der Waals surface area contributed by atoms with E-state index in [-0.39, 0.29) is 20.1 Å². The summed E-state index contributed by atoms with van der Waals surface area (Å²) >= 11 is 5.94. The minimum absolute atomic E-state index is 0.0305. The summed E-state index contributed by atoms with van der Waals surface area (Å²) in [5, 5.41) is 0. The average molecular weight is 434 g/mol. The zero-order valence-electron chi connectivity index (χ0n) is 10.8. The normalized spacial score (nSPS) is 10.2. The monoisotopic (exact) mass is 432 g/mol. The molecule has 22 heavy (non-hydrogen) atoms. The van der Waals surface area contributed by atoms with Crippen LogP contribution < -0.4 is 10.9 Å². The van der Waals surface area contributed by atoms with Crippen LogP contribution in [0.5, 0.6) is 0 Å². The molecule has 0 atom stereocenters. The first-order valence-electron chi connectivity index (χ1n) is 5.89. The average Bonchev–Trinajstić information content (AvgIpc) is 2.50. The largest absolute Gasteiger partial charge is 0.269 e. The van der Waals surface area contributed by atoms with Crippen LogP contribution in [-0.2, 0) is 0 Å². The van der Waals surface area contributed by atoms with Crippen molar-refractivity contribution in [3.05, 3.63) is 68.1 Å². The third kappa shape index (κ3) is 3.89. The number of carbonyl (C=O) groups is 2. The molecule has 0 aliphatic carbocycles. The molecule has 0 aliphatic rings. The lowest BCUT2D eigenvalue weighted by Crippen LogP contribution is -2.41. The van der Waals surface area contributed by atoms with Gasteiger partial charge in [-0.25, -0.2) is 8.78 Å². The predicted octanol–water partition coefficient (Wildman–Crippen LogP) is 3.56. The number of halogens is 4. The topological polar surface area (TPSA) is 58.2 Å². The number of amides is 2. The summed E-state index contributed by atoms with van der Waals surface area (Å²) in [6.07, 6.45) is 0. The van der Waals surface area contributed by atoms with E-state index in [1.165, 1.54) is 24.3 Å². The zero-order chi connectivity index (χ0) is 16.3. The van der Waals surface area contributed by atoms with Crippen molar-refractivity contribution >= 4 is 43.7 Å². The van der Waals surface area contributed by atoms with Gasteiger partial charge in [-0.2, -0.15) is 0 Å². The Labute approximate surface area is 141 Å². The highest BCUT2D eigenvalue weighted by Gasteiger charge is 2.12. The molecule has 0 saturated carbocycles. The van der Waals surface area contributed by atoms with E-state index >= 15 is 0 Å². The molecule has 2 rings (SSSR count). The number of hydrazine groups is 1. The van der Waals surface area contributed by atoms with Crippen LogP contribution in [0.1, 0.15) is 20.7 Å². The minimum Gasteiger partial charge on any atom is -0.267 e. The van der Waals surface area contributed by atoms with E-state index in [1.54, 1.807) is 0 Å². The van der Waals surface area contributed by atoms with Gasteiger partial charge in [0.1, 0.15) is 11.6 Å². The van der Waals surface area contributed by atoms with Gasteiger partial charge in [-0.15, -0.1) is 0 Å². The number of hydrogen-bond acceptors (Lipinski definition) is 2. The molecule has 0 unspecified atom stereocenters. The van der Waals surface area contributed by atoms with Crippen molar-refractivity contribution in [2.24, 2.45) is 0 Å². The van der Waals surface area contributed by atoms with Crippen molar-refractivity contribution in [3.63, 3.8) is 0 Å². The van der Waals surface area contributed by atoms with Gasteiger partial charge in [0, 0.05) is 11.1 Å². The molecule has 0 fully saturated rings. The second-order valence-corrected chi connectivity index (χ2v) is 5.87. The molecule has 0 heterocycles. The number of rotatable bonds is 2. The Kier molecular flexibility index (Phi) is 5.25. The van der Waals surface area contributed by atoms with Gasteiger partial charge in [-0.3, -0.25) is 20.4 Å². The third-order valence-corrected chi connectivity index (χ3v) is 3.94. The maximum Gasteiger partial charge on any atom is 0.269 e. The van der Waals surface area contributed by atoms with E-state index in [2.05, 4.69) is 42.7 Å². The van der Waals surface area contributed by atoms with Crippen LogP contribution >= 0.6 is 31.9 Å². The van der Waals surface area contributed by atoms with Gasteiger partial charge >= 0.3 is 0 Å². The maximum absolute atomic E-state index is 13.3. The van der Waals surface area contributed by atoms with Crippen LogP contribution in [0.3, 0.4) is 0 Å². The van der Waals surface area contributed by atoms with Gasteiger partial charge in [0.2, 0.25) is 0 Å². The molecule has 0 aromatic heterocycles. The Balaban J connectivity index is 2.02. The first-order valence-corrected chi connectivity index (χ1v) is 7.48. The lowest BCUT2D eigenvalue weighted by Gasteiger charge is -2.08. The molecule has 0 saturated heterocycles. The second-order valence-electron chi connectivity index (χ2n) is 4.17. The molecular formula is C14H8Br2F2N2O2. The maximum atomic E-state index is 13.3. The molecule has 0 bridgehead atoms. The summed E-state index contributed by atoms with van der Waals surface area (Å²) in [6.45, 7) is 0. The van der Waals surface area contributed by atoms with Gasteiger partial charge in [0.25, 0.3) is 11.8 Å². The quantitative estimate of drug-likeness (QED) is 0.711. The molecule has 114 valence electrons. The summed E-state index contributed by atoms with van der Waals surface area (Å²) in [5.41, 5.74) is 4.31. The Morgan fingerprint density at radius 3 is 1.45 bits per heavy atom. The summed E-state index contributed by atoms with van der Waals surface area (Å²) in [7, 11) is 0. The molecule has 8 heteroatoms. The van der Waals surface area contributed by atoms with Gasteiger partial charge in [0.05, 0.1) is 8.95 Å². The van der Waals surface area contributed by atoms with Crippen molar-refractivity contribution in [2.45, 2.75) is 0 Å². The molecule has 2 aromatic carbocycles. The number of hydrogen-bond donors (Lipinski definition) is 2. The van der Waals surface area contributed by atoms with E-state index in [0.29, 0.717) is 0 Å². The molecule has 0 radical (unpaired) electrons. The van der Waals surface area contributed by atoms with Crippen molar-refractivity contribution < 1.29 is 18.4 Å². The number of benzene rings is 2. The van der Waals surface area contributed by atoms with E-state index in [0.717, 1.165) is 12.1 Å². The molecular weight excluding hydrogens is 426 g/mol. The second kappa shape index (κ2) is 6.97. The van der Waals surface area contributed by atoms with Gasteiger partial charge in [0.15, 0.2) is 0 Å². The Bertz CT molecular complexity index is 690. The van der Waals surface area contributed by atoms with Crippen LogP contribution in [0.25, 0.3) is 0 Å². The lowest BCUT2D eigenvalue weighted by atomic mass is 10.2. The predicted molar refractivity (Wildman–Crippen MR) is 83.1 cm³/mol. The standard InChI is InChI=1S/C14H8Br2F2N2O2/c15-9-3-1-7(5-11(9)17)13(21)19-20-14(22)8-2-4-10(16)12(18)6-8/h1-6H,(H,19,21)(H,20,22). The van der Waals surface area contributed by atoms with Crippen LogP contribution in [0.15, 0.2) is 45.3 Å². The smallest absolute Gasteiger partial charge is 0.267 e. The highest BCUT2D eigenvalue weighted by molar-refractivity contribution is 9.10. The Morgan fingerprint density at radius 2 is 1.14 bits per heavy atom. The summed E-state index contributed by atoms with van der Waals surface area (Å²) in [4.78, 5) is 23.6. The zero-order valence-corrected chi connectivity index (χ0v) is 14.0. The van der Waals surface area contributed by atoms with E-state index in [1.807, 2.05) is 0 Å². The summed E-state index contributed by atoms with van der Waals surface area (Å²) < 4.78 is 27.1. The van der Waals surface area contributed by atoms with Crippen molar-refractivity contribution in [2.75, 3.05) is 0 Å². The molecule has 2 N–H and O–H groups in total. The molecule has 2 aromatic rings. The van der Waals surface area contributed by atoms with E-state index in [4.69, 9.17) is 0 Å². The lowest BCUT2D eigenvalue weighted by molar-refractivity contribution is 0.0846.